The number of carboxylic acid groups (broad SMARTS) is 1. The predicted octanol–water partition coefficient (Wildman–Crippen LogP) is 3.63. The number of rotatable bonds is 5. The van der Waals surface area contributed by atoms with E-state index < -0.39 is 10.9 Å². The highest BCUT2D eigenvalue weighted by atomic mass is 79.9. The fourth-order valence-electron chi connectivity index (χ4n) is 1.67. The normalized spacial score (nSPS) is 10.1. The first-order valence-corrected chi connectivity index (χ1v) is 6.65. The van der Waals surface area contributed by atoms with E-state index in [0.29, 0.717) is 15.8 Å². The zero-order valence-electron chi connectivity index (χ0n) is 10.7. The average molecular weight is 352 g/mol. The van der Waals surface area contributed by atoms with Crippen molar-refractivity contribution < 1.29 is 19.6 Å². The molecule has 0 heterocycles. The smallest absolute Gasteiger partial charge is 0.335 e. The molecule has 0 aliphatic rings. The van der Waals surface area contributed by atoms with Crippen molar-refractivity contribution in [3.8, 4) is 5.75 Å². The maximum Gasteiger partial charge on any atom is 0.335 e. The van der Waals surface area contributed by atoms with Crippen molar-refractivity contribution >= 4 is 27.6 Å². The van der Waals surface area contributed by atoms with E-state index in [1.54, 1.807) is 12.1 Å². The number of ether oxygens (including phenoxy) is 1. The highest BCUT2D eigenvalue weighted by Gasteiger charge is 2.09. The summed E-state index contributed by atoms with van der Waals surface area (Å²) in [6, 6.07) is 10.5. The lowest BCUT2D eigenvalue weighted by molar-refractivity contribution is -0.384. The van der Waals surface area contributed by atoms with Gasteiger partial charge in [-0.3, -0.25) is 10.1 Å². The number of hydrogen-bond acceptors (Lipinski definition) is 4. The summed E-state index contributed by atoms with van der Waals surface area (Å²) >= 11 is 3.23. The summed E-state index contributed by atoms with van der Waals surface area (Å²) in [5, 5.41) is 19.5. The molecule has 0 spiro atoms. The Morgan fingerprint density at radius 1 is 1.29 bits per heavy atom. The molecular weight excluding hydrogens is 342 g/mol. The highest BCUT2D eigenvalue weighted by Crippen LogP contribution is 2.27. The van der Waals surface area contributed by atoms with Gasteiger partial charge in [-0.1, -0.05) is 12.1 Å². The number of carbonyl (C=O) groups is 1. The lowest BCUT2D eigenvalue weighted by Gasteiger charge is -2.08. The molecule has 2 aromatic carbocycles. The van der Waals surface area contributed by atoms with Crippen LogP contribution in [0.15, 0.2) is 46.9 Å². The highest BCUT2D eigenvalue weighted by molar-refractivity contribution is 9.10. The van der Waals surface area contributed by atoms with Gasteiger partial charge in [0.1, 0.15) is 12.4 Å². The monoisotopic (exact) mass is 351 g/mol. The van der Waals surface area contributed by atoms with Crippen LogP contribution in [0.2, 0.25) is 0 Å². The Morgan fingerprint density at radius 2 is 2.05 bits per heavy atom. The minimum atomic E-state index is -1.03. The number of hydrogen-bond donors (Lipinski definition) is 1. The lowest BCUT2D eigenvalue weighted by Crippen LogP contribution is -2.00. The van der Waals surface area contributed by atoms with Crippen LogP contribution in [0.3, 0.4) is 0 Å². The van der Waals surface area contributed by atoms with Crippen LogP contribution in [-0.4, -0.2) is 16.0 Å². The van der Waals surface area contributed by atoms with Crippen LogP contribution < -0.4 is 4.74 Å². The molecule has 0 radical (unpaired) electrons. The molecule has 0 saturated carbocycles. The van der Waals surface area contributed by atoms with Gasteiger partial charge in [0.15, 0.2) is 0 Å². The van der Waals surface area contributed by atoms with Gasteiger partial charge >= 0.3 is 5.97 Å². The second kappa shape index (κ2) is 6.36. The van der Waals surface area contributed by atoms with Crippen molar-refractivity contribution in [3.63, 3.8) is 0 Å². The standard InChI is InChI=1S/C14H10BrNO5/c15-12-7-10(14(17)18)4-5-13(12)21-8-9-2-1-3-11(6-9)16(19)20/h1-7H,8H2,(H,17,18). The van der Waals surface area contributed by atoms with Gasteiger partial charge in [0.05, 0.1) is 15.0 Å². The van der Waals surface area contributed by atoms with Crippen molar-refractivity contribution in [2.75, 3.05) is 0 Å². The van der Waals surface area contributed by atoms with Gasteiger partial charge in [0.2, 0.25) is 0 Å². The Hall–Kier alpha value is -2.41. The van der Waals surface area contributed by atoms with Gasteiger partial charge in [0.25, 0.3) is 5.69 Å². The number of halogens is 1. The van der Waals surface area contributed by atoms with E-state index in [9.17, 15) is 14.9 Å². The number of aromatic carboxylic acids is 1. The van der Waals surface area contributed by atoms with Crippen LogP contribution in [0, 0.1) is 10.1 Å². The average Bonchev–Trinajstić information content (AvgIpc) is 2.46. The summed E-state index contributed by atoms with van der Waals surface area (Å²) in [5.74, 6) is -0.563. The summed E-state index contributed by atoms with van der Waals surface area (Å²) in [7, 11) is 0. The lowest BCUT2D eigenvalue weighted by atomic mass is 10.2. The Morgan fingerprint density at radius 3 is 2.67 bits per heavy atom. The molecule has 1 N–H and O–H groups in total. The molecule has 2 aromatic rings. The summed E-state index contributed by atoms with van der Waals surface area (Å²) < 4.78 is 6.04. The second-order valence-corrected chi connectivity index (χ2v) is 5.02. The molecule has 0 aromatic heterocycles. The minimum Gasteiger partial charge on any atom is -0.488 e. The molecule has 0 aliphatic carbocycles. The number of nitro benzene ring substituents is 1. The molecule has 0 atom stereocenters. The van der Waals surface area contributed by atoms with Crippen molar-refractivity contribution in [2.45, 2.75) is 6.61 Å². The summed E-state index contributed by atoms with van der Waals surface area (Å²) in [4.78, 5) is 21.0. The van der Waals surface area contributed by atoms with Crippen molar-refractivity contribution in [1.29, 1.82) is 0 Å². The molecule has 0 amide bonds. The van der Waals surface area contributed by atoms with Gasteiger partial charge in [0, 0.05) is 12.1 Å². The zero-order valence-corrected chi connectivity index (χ0v) is 12.2. The number of benzene rings is 2. The van der Waals surface area contributed by atoms with Gasteiger partial charge in [-0.25, -0.2) is 4.79 Å². The number of non-ortho nitro benzene ring substituents is 1. The largest absolute Gasteiger partial charge is 0.488 e. The second-order valence-electron chi connectivity index (χ2n) is 4.17. The van der Waals surface area contributed by atoms with Crippen LogP contribution >= 0.6 is 15.9 Å². The molecule has 0 fully saturated rings. The quantitative estimate of drug-likeness (QED) is 0.656. The van der Waals surface area contributed by atoms with Crippen LogP contribution in [0.4, 0.5) is 5.69 Å². The first-order valence-electron chi connectivity index (χ1n) is 5.86. The third kappa shape index (κ3) is 3.79. The zero-order chi connectivity index (χ0) is 15.4. The van der Waals surface area contributed by atoms with Crippen LogP contribution in [-0.2, 0) is 6.61 Å². The molecule has 0 bridgehead atoms. The van der Waals surface area contributed by atoms with Crippen LogP contribution in [0.1, 0.15) is 15.9 Å². The molecular formula is C14H10BrNO5. The van der Waals surface area contributed by atoms with Crippen molar-refractivity contribution in [2.24, 2.45) is 0 Å². The summed E-state index contributed by atoms with van der Waals surface area (Å²) in [5.41, 5.74) is 0.791. The maximum atomic E-state index is 10.8. The van der Waals surface area contributed by atoms with E-state index in [1.165, 1.54) is 30.3 Å². The van der Waals surface area contributed by atoms with E-state index in [2.05, 4.69) is 15.9 Å². The van der Waals surface area contributed by atoms with Gasteiger partial charge < -0.3 is 9.84 Å². The molecule has 2 rings (SSSR count). The van der Waals surface area contributed by atoms with E-state index in [1.807, 2.05) is 0 Å². The van der Waals surface area contributed by atoms with Crippen molar-refractivity contribution in [3.05, 3.63) is 68.2 Å². The Balaban J connectivity index is 2.11. The van der Waals surface area contributed by atoms with E-state index in [-0.39, 0.29) is 17.9 Å². The van der Waals surface area contributed by atoms with Crippen LogP contribution in [0.5, 0.6) is 5.75 Å². The molecule has 7 heteroatoms. The van der Waals surface area contributed by atoms with Gasteiger partial charge in [-0.15, -0.1) is 0 Å². The molecule has 0 saturated heterocycles. The van der Waals surface area contributed by atoms with E-state index >= 15 is 0 Å². The summed E-state index contributed by atoms with van der Waals surface area (Å²) in [6.07, 6.45) is 0. The molecule has 21 heavy (non-hydrogen) atoms. The molecule has 6 nitrogen and oxygen atoms in total. The third-order valence-electron chi connectivity index (χ3n) is 2.69. The minimum absolute atomic E-state index is 0.00334. The Labute approximate surface area is 128 Å². The molecule has 0 aliphatic heterocycles. The topological polar surface area (TPSA) is 89.7 Å². The van der Waals surface area contributed by atoms with Gasteiger partial charge in [-0.05, 0) is 39.7 Å². The SMILES string of the molecule is O=C(O)c1ccc(OCc2cccc([N+](=O)[O-])c2)c(Br)c1. The molecule has 108 valence electrons. The first kappa shape index (κ1) is 15.0. The number of carboxylic acids is 1. The van der Waals surface area contributed by atoms with Crippen molar-refractivity contribution in [1.82, 2.24) is 0 Å². The van der Waals surface area contributed by atoms with E-state index in [0.717, 1.165) is 0 Å². The number of nitrogens with zero attached hydrogens (tertiary/aromatic N) is 1. The first-order chi connectivity index (χ1) is 9.97. The third-order valence-corrected chi connectivity index (χ3v) is 3.31. The van der Waals surface area contributed by atoms with E-state index in [4.69, 9.17) is 9.84 Å². The molecule has 0 unspecified atom stereocenters. The number of nitro groups is 1. The summed E-state index contributed by atoms with van der Waals surface area (Å²) in [6.45, 7) is 0.146. The maximum absolute atomic E-state index is 10.8. The fourth-order valence-corrected chi connectivity index (χ4v) is 2.17. The predicted molar refractivity (Wildman–Crippen MR) is 78.5 cm³/mol. The fraction of sp³-hybridized carbons (Fsp3) is 0.0714. The Bertz CT molecular complexity index is 702. The van der Waals surface area contributed by atoms with Gasteiger partial charge in [-0.2, -0.15) is 0 Å². The Kier molecular flexibility index (Phi) is 4.54. The van der Waals surface area contributed by atoms with Crippen LogP contribution in [0.25, 0.3) is 0 Å².